The molecule has 0 spiro atoms. The fourth-order valence-electron chi connectivity index (χ4n) is 26.0. The van der Waals surface area contributed by atoms with Crippen LogP contribution in [0.5, 0.6) is 0 Å². The van der Waals surface area contributed by atoms with E-state index in [-0.39, 0.29) is 32.5 Å². The SMILES string of the molecule is CCC1(CC)c2ccccc2-c2cc3c(nc21)oc1c(-c2cccc[n+]2C)c(C)ccc13.Cc1ccc2c(oc3nc4c(cc32)-c2ccccc2C4(C(C)C)C(C)C)c1-c1cccc[n+]1C.Cc1ccc2c(oc3nc4c(cc32)-c2ccccc2C4(CC(C)(C)C)CC(C)(C)C)c1-c1cccc[n+]1C.Cc1ccc2c(oc3nc4c(cc32)-c2ccccc2C4(CC(C)C)CC(C)C)c1-c1cccc[n+]1C. The van der Waals surface area contributed by atoms with Crippen molar-refractivity contribution in [2.45, 2.75) is 199 Å². The normalized spacial score (nSPS) is 14.4. The summed E-state index contributed by atoms with van der Waals surface area (Å²) in [5, 5.41) is 8.89. The van der Waals surface area contributed by atoms with Crippen molar-refractivity contribution in [2.75, 3.05) is 0 Å². The Morgan fingerprint density at radius 3 is 0.814 bits per heavy atom. The van der Waals surface area contributed by atoms with Crippen molar-refractivity contribution < 1.29 is 35.9 Å². The van der Waals surface area contributed by atoms with Gasteiger partial charge in [0.1, 0.15) is 28.2 Å². The Labute approximate surface area is 824 Å². The molecule has 0 radical (unpaired) electrons. The van der Waals surface area contributed by atoms with Crippen molar-refractivity contribution in [1.82, 2.24) is 19.9 Å². The summed E-state index contributed by atoms with van der Waals surface area (Å²) in [6, 6.07) is 87.8. The summed E-state index contributed by atoms with van der Waals surface area (Å²) in [6.45, 7) is 45.9. The molecule has 0 bridgehead atoms. The molecule has 0 unspecified atom stereocenters. The second-order valence-electron chi connectivity index (χ2n) is 44.7. The van der Waals surface area contributed by atoms with Crippen molar-refractivity contribution in [3.63, 3.8) is 0 Å². The molecule has 4 aliphatic carbocycles. The molecule has 0 saturated carbocycles. The van der Waals surface area contributed by atoms with Crippen LogP contribution in [0, 0.1) is 62.2 Å². The lowest BCUT2D eigenvalue weighted by Crippen LogP contribution is -2.38. The van der Waals surface area contributed by atoms with Gasteiger partial charge in [0.25, 0.3) is 0 Å². The van der Waals surface area contributed by atoms with E-state index in [9.17, 15) is 0 Å². The fraction of sp³-hybridized carbons (Fsp3) is 0.312. The van der Waals surface area contributed by atoms with Crippen molar-refractivity contribution in [1.29, 1.82) is 0 Å². The number of hydrogen-bond acceptors (Lipinski definition) is 8. The Balaban J connectivity index is 0.000000111. The molecule has 4 aliphatic rings. The average molecular weight is 1850 g/mol. The lowest BCUT2D eigenvalue weighted by molar-refractivity contribution is -0.660. The molecule has 704 valence electrons. The number of furan rings is 4. The highest BCUT2D eigenvalue weighted by Gasteiger charge is 2.53. The number of hydrogen-bond donors (Lipinski definition) is 0. The molecule has 12 nitrogen and oxygen atoms in total. The lowest BCUT2D eigenvalue weighted by Gasteiger charge is -2.41. The summed E-state index contributed by atoms with van der Waals surface area (Å²) in [5.74, 6) is 1.93. The van der Waals surface area contributed by atoms with E-state index in [1.54, 1.807) is 0 Å². The van der Waals surface area contributed by atoms with E-state index < -0.39 is 0 Å². The first-order chi connectivity index (χ1) is 67.1. The second-order valence-corrected chi connectivity index (χ2v) is 44.7. The van der Waals surface area contributed by atoms with Gasteiger partial charge in [0, 0.05) is 136 Å². The molecule has 12 aromatic heterocycles. The van der Waals surface area contributed by atoms with Crippen LogP contribution in [0.15, 0.2) is 285 Å². The van der Waals surface area contributed by atoms with E-state index in [0.29, 0.717) is 23.7 Å². The number of pyridine rings is 8. The van der Waals surface area contributed by atoms with Gasteiger partial charge in [0.05, 0.1) is 45.0 Å². The predicted molar refractivity (Wildman–Crippen MR) is 574 cm³/mol. The third-order valence-electron chi connectivity index (χ3n) is 31.4. The topological polar surface area (TPSA) is 120 Å². The van der Waals surface area contributed by atoms with E-state index in [1.165, 1.54) is 106 Å². The molecular formula is C128H132N8O4+4. The number of nitrogens with zero attached hydrogens (tertiary/aromatic N) is 8. The van der Waals surface area contributed by atoms with Crippen LogP contribution in [0.4, 0.5) is 0 Å². The minimum Gasteiger partial charge on any atom is -0.437 e. The maximum Gasteiger partial charge on any atom is 0.227 e. The Bertz CT molecular complexity index is 8360. The third-order valence-corrected chi connectivity index (χ3v) is 31.4. The Hall–Kier alpha value is -13.8. The van der Waals surface area contributed by atoms with Crippen LogP contribution < -0.4 is 18.3 Å². The zero-order valence-corrected chi connectivity index (χ0v) is 86.2. The smallest absolute Gasteiger partial charge is 0.227 e. The molecule has 12 heteroatoms. The standard InChI is InChI=1S/C35H39N2O.C33H35N2O.C31H31N2O.C29H27N2O/c1-22-16-17-24-26-19-25-23-13-9-10-14-27(23)35(20-33(2,3)4,21-34(5,6)7)31(25)36-32(26)38-30(24)29(22)28-15-11-12-18-37(28)8;1-20(2)18-33(19-21(3)4)27-12-8-7-11-23(27)25-17-26-24-15-14-22(5)29(28-13-9-10-16-35(28)6)30(24)36-32(26)34-31(25)33;1-18(2)31(19(3)4)25-12-8-7-11-21(25)23-17-24-22-15-14-20(5)27(26-13-9-10-16-33(26)6)28(22)34-30(24)32-29(23)31;1-5-29(6-2)23-12-8-7-11-19(23)21-17-22-20-15-14-18(3)25(24-13-9-10-16-31(24)4)26(20)32-28(22)30-27(21)29/h9-19H,20-21H2,1-8H3;7-17,20-21H,18-19H2,1-6H3;7-19H,1-6H3;7-17H,5-6H2,1-4H3/q4*+1. The lowest BCUT2D eigenvalue weighted by atomic mass is 9.63. The van der Waals surface area contributed by atoms with Gasteiger partial charge in [-0.25, -0.2) is 38.2 Å². The molecule has 20 aromatic rings. The summed E-state index contributed by atoms with van der Waals surface area (Å²) in [5.41, 5.74) is 41.1. The first kappa shape index (κ1) is 92.5. The molecule has 0 amide bonds. The van der Waals surface area contributed by atoms with Crippen LogP contribution in [-0.4, -0.2) is 19.9 Å². The summed E-state index contributed by atoms with van der Waals surface area (Å²) in [7, 11) is 8.34. The Kier molecular flexibility index (Phi) is 22.9. The zero-order valence-electron chi connectivity index (χ0n) is 86.2. The molecule has 0 atom stereocenters. The van der Waals surface area contributed by atoms with Crippen molar-refractivity contribution in [3.05, 3.63) is 335 Å². The number of fused-ring (bicyclic) bond motifs is 24. The van der Waals surface area contributed by atoms with Gasteiger partial charge in [-0.3, -0.25) is 0 Å². The molecule has 140 heavy (non-hydrogen) atoms. The van der Waals surface area contributed by atoms with Crippen LogP contribution in [0.3, 0.4) is 0 Å². The maximum absolute atomic E-state index is 6.73. The molecule has 0 N–H and O–H groups in total. The molecule has 12 heterocycles. The number of rotatable bonds is 14. The van der Waals surface area contributed by atoms with Gasteiger partial charge in [-0.15, -0.1) is 0 Å². The number of aryl methyl sites for hydroxylation is 8. The number of benzene rings is 8. The van der Waals surface area contributed by atoms with E-state index in [4.69, 9.17) is 37.6 Å². The van der Waals surface area contributed by atoms with Crippen molar-refractivity contribution >= 4 is 88.3 Å². The molecule has 0 saturated heterocycles. The zero-order chi connectivity index (χ0) is 98.0. The monoisotopic (exact) mass is 1850 g/mol. The van der Waals surface area contributed by atoms with Gasteiger partial charge < -0.3 is 17.7 Å². The largest absolute Gasteiger partial charge is 0.437 e. The minimum absolute atomic E-state index is 0.0519. The Morgan fingerprint density at radius 1 is 0.279 bits per heavy atom. The summed E-state index contributed by atoms with van der Waals surface area (Å²) < 4.78 is 35.2. The number of aromatic nitrogens is 8. The summed E-state index contributed by atoms with van der Waals surface area (Å²) in [6.07, 6.45) is 14.6. The second kappa shape index (κ2) is 34.6. The van der Waals surface area contributed by atoms with Crippen LogP contribution in [0.1, 0.15) is 217 Å². The summed E-state index contributed by atoms with van der Waals surface area (Å²) >= 11 is 0. The van der Waals surface area contributed by atoms with Crippen LogP contribution >= 0.6 is 0 Å². The molecule has 0 fully saturated rings. The first-order valence-electron chi connectivity index (χ1n) is 50.8. The highest BCUT2D eigenvalue weighted by Crippen LogP contribution is 2.62. The fourth-order valence-corrected chi connectivity index (χ4v) is 26.0. The first-order valence-corrected chi connectivity index (χ1v) is 50.8. The molecule has 8 aromatic carbocycles. The van der Waals surface area contributed by atoms with Crippen LogP contribution in [-0.2, 0) is 49.9 Å². The van der Waals surface area contributed by atoms with Gasteiger partial charge in [-0.2, -0.15) is 0 Å². The van der Waals surface area contributed by atoms with Crippen LogP contribution in [0.25, 0.3) is 178 Å². The van der Waals surface area contributed by atoms with Gasteiger partial charge >= 0.3 is 0 Å². The van der Waals surface area contributed by atoms with Gasteiger partial charge in [0.15, 0.2) is 47.1 Å². The van der Waals surface area contributed by atoms with E-state index >= 15 is 0 Å². The molecule has 24 rings (SSSR count). The third kappa shape index (κ3) is 14.7. The highest BCUT2D eigenvalue weighted by atomic mass is 16.4. The van der Waals surface area contributed by atoms with Crippen molar-refractivity contribution in [2.24, 2.45) is 62.7 Å². The van der Waals surface area contributed by atoms with Gasteiger partial charge in [-0.1, -0.05) is 256 Å². The van der Waals surface area contributed by atoms with Crippen LogP contribution in [0.2, 0.25) is 0 Å². The van der Waals surface area contributed by atoms with E-state index in [2.05, 4.69) is 452 Å². The molecule has 0 aliphatic heterocycles. The van der Waals surface area contributed by atoms with E-state index in [1.807, 2.05) is 0 Å². The average Bonchev–Trinajstić information content (AvgIpc) is 1.63. The minimum atomic E-state index is -0.166. The van der Waals surface area contributed by atoms with Gasteiger partial charge in [0.2, 0.25) is 45.6 Å². The maximum atomic E-state index is 6.73. The Morgan fingerprint density at radius 2 is 0.529 bits per heavy atom. The predicted octanol–water partition coefficient (Wildman–Crippen LogP) is 31.3. The van der Waals surface area contributed by atoms with Gasteiger partial charge in [-0.05, 0) is 216 Å². The quantitative estimate of drug-likeness (QED) is 0.0988. The summed E-state index contributed by atoms with van der Waals surface area (Å²) in [4.78, 5) is 21.4. The van der Waals surface area contributed by atoms with Crippen molar-refractivity contribution in [3.8, 4) is 89.5 Å². The highest BCUT2D eigenvalue weighted by molar-refractivity contribution is 6.14. The molecular weight excluding hydrogens is 1710 g/mol. The van der Waals surface area contributed by atoms with E-state index in [0.717, 1.165) is 178 Å².